The predicted octanol–water partition coefficient (Wildman–Crippen LogP) is 2.38. The first-order valence-corrected chi connectivity index (χ1v) is 6.04. The quantitative estimate of drug-likeness (QED) is 0.922. The van der Waals surface area contributed by atoms with Gasteiger partial charge in [0.25, 0.3) is 0 Å². The smallest absolute Gasteiger partial charge is 0.216 e. The average molecular weight is 306 g/mol. The second kappa shape index (κ2) is 6.69. The zero-order valence-electron chi connectivity index (χ0n) is 11.7. The van der Waals surface area contributed by atoms with E-state index in [1.54, 1.807) is 20.2 Å². The Balaban J connectivity index is 0.00000200. The fourth-order valence-corrected chi connectivity index (χ4v) is 1.94. The molecule has 112 valence electrons. The van der Waals surface area contributed by atoms with E-state index in [1.165, 1.54) is 9.36 Å². The first kappa shape index (κ1) is 16.4. The van der Waals surface area contributed by atoms with Gasteiger partial charge < -0.3 is 5.32 Å². The van der Waals surface area contributed by atoms with Crippen LogP contribution in [0.4, 0.5) is 14.6 Å². The molecule has 0 aliphatic heterocycles. The van der Waals surface area contributed by atoms with Gasteiger partial charge in [-0.25, -0.2) is 9.07 Å². The lowest BCUT2D eigenvalue weighted by Crippen LogP contribution is -2.06. The number of aryl methyl sites for hydroxylation is 4. The van der Waals surface area contributed by atoms with Crippen molar-refractivity contribution in [1.82, 2.24) is 19.6 Å². The van der Waals surface area contributed by atoms with Gasteiger partial charge in [-0.2, -0.15) is 14.6 Å². The van der Waals surface area contributed by atoms with E-state index < -0.39 is 6.67 Å². The summed E-state index contributed by atoms with van der Waals surface area (Å²) in [4.78, 5) is 0. The molecule has 0 aromatic carbocycles. The third-order valence-corrected chi connectivity index (χ3v) is 2.96. The number of anilines is 1. The molecule has 2 heterocycles. The lowest BCUT2D eigenvalue weighted by Gasteiger charge is -2.03. The maximum absolute atomic E-state index is 13.7. The minimum atomic E-state index is -0.461. The zero-order chi connectivity index (χ0) is 14.0. The highest BCUT2D eigenvalue weighted by Gasteiger charge is 2.13. The van der Waals surface area contributed by atoms with Gasteiger partial charge in [0.15, 0.2) is 5.82 Å². The Morgan fingerprint density at radius 1 is 1.30 bits per heavy atom. The highest BCUT2D eigenvalue weighted by atomic mass is 35.5. The number of nitrogens with one attached hydrogen (secondary N) is 1. The standard InChI is InChI=1S/C12H17F2N5.ClH/c1-8-7-19(5-4-13)17-12(8)15-6-10-9(2)16-18(3)11(10)14;/h7H,4-6H2,1-3H3,(H,15,17);1H. The van der Waals surface area contributed by atoms with Crippen molar-refractivity contribution in [2.75, 3.05) is 12.0 Å². The lowest BCUT2D eigenvalue weighted by atomic mass is 10.2. The van der Waals surface area contributed by atoms with Crippen molar-refractivity contribution in [3.05, 3.63) is 29.0 Å². The fourth-order valence-electron chi connectivity index (χ4n) is 1.94. The average Bonchev–Trinajstić information content (AvgIpc) is 2.80. The summed E-state index contributed by atoms with van der Waals surface area (Å²) >= 11 is 0. The van der Waals surface area contributed by atoms with Crippen molar-refractivity contribution in [3.63, 3.8) is 0 Å². The number of rotatable bonds is 5. The van der Waals surface area contributed by atoms with Crippen molar-refractivity contribution < 1.29 is 8.78 Å². The van der Waals surface area contributed by atoms with E-state index in [-0.39, 0.29) is 24.9 Å². The molecule has 0 aliphatic rings. The number of alkyl halides is 1. The highest BCUT2D eigenvalue weighted by molar-refractivity contribution is 5.85. The summed E-state index contributed by atoms with van der Waals surface area (Å²) in [7, 11) is 1.56. The van der Waals surface area contributed by atoms with Gasteiger partial charge in [-0.05, 0) is 13.8 Å². The zero-order valence-corrected chi connectivity index (χ0v) is 12.5. The van der Waals surface area contributed by atoms with Crippen molar-refractivity contribution >= 4 is 18.2 Å². The monoisotopic (exact) mass is 305 g/mol. The molecule has 2 aromatic rings. The Hall–Kier alpha value is -1.63. The number of aromatic nitrogens is 4. The van der Waals surface area contributed by atoms with Gasteiger partial charge in [0.2, 0.25) is 5.95 Å². The van der Waals surface area contributed by atoms with E-state index in [0.717, 1.165) is 5.56 Å². The molecular weight excluding hydrogens is 288 g/mol. The summed E-state index contributed by atoms with van der Waals surface area (Å²) in [6.45, 7) is 3.70. The third-order valence-electron chi connectivity index (χ3n) is 2.96. The fraction of sp³-hybridized carbons (Fsp3) is 0.500. The molecule has 0 amide bonds. The largest absolute Gasteiger partial charge is 0.364 e. The molecule has 5 nitrogen and oxygen atoms in total. The molecule has 0 spiro atoms. The van der Waals surface area contributed by atoms with Crippen molar-refractivity contribution in [3.8, 4) is 0 Å². The molecule has 0 saturated carbocycles. The molecule has 0 unspecified atom stereocenters. The Bertz CT molecular complexity index is 579. The van der Waals surface area contributed by atoms with Crippen molar-refractivity contribution in [2.45, 2.75) is 26.9 Å². The molecule has 0 fully saturated rings. The van der Waals surface area contributed by atoms with Crippen LogP contribution in [-0.2, 0) is 20.1 Å². The number of nitrogens with zero attached hydrogens (tertiary/aromatic N) is 4. The van der Waals surface area contributed by atoms with Crippen LogP contribution in [0.1, 0.15) is 16.8 Å². The van der Waals surface area contributed by atoms with Gasteiger partial charge in [-0.1, -0.05) is 0 Å². The molecule has 8 heteroatoms. The van der Waals surface area contributed by atoms with Crippen LogP contribution in [0.2, 0.25) is 0 Å². The minimum absolute atomic E-state index is 0. The van der Waals surface area contributed by atoms with Crippen LogP contribution in [0.5, 0.6) is 0 Å². The van der Waals surface area contributed by atoms with E-state index in [9.17, 15) is 8.78 Å². The summed E-state index contributed by atoms with van der Waals surface area (Å²) in [5.41, 5.74) is 2.06. The van der Waals surface area contributed by atoms with E-state index in [2.05, 4.69) is 15.5 Å². The normalized spacial score (nSPS) is 10.4. The van der Waals surface area contributed by atoms with Crippen LogP contribution in [0.25, 0.3) is 0 Å². The highest BCUT2D eigenvalue weighted by Crippen LogP contribution is 2.16. The molecule has 0 aliphatic carbocycles. The Morgan fingerprint density at radius 3 is 2.55 bits per heavy atom. The van der Waals surface area contributed by atoms with Gasteiger partial charge in [-0.15, -0.1) is 12.4 Å². The first-order chi connectivity index (χ1) is 9.02. The van der Waals surface area contributed by atoms with Crippen molar-refractivity contribution in [2.24, 2.45) is 7.05 Å². The van der Waals surface area contributed by atoms with E-state index in [0.29, 0.717) is 23.6 Å². The minimum Gasteiger partial charge on any atom is -0.364 e. The maximum Gasteiger partial charge on any atom is 0.216 e. The lowest BCUT2D eigenvalue weighted by molar-refractivity contribution is 0.427. The second-order valence-corrected chi connectivity index (χ2v) is 4.44. The summed E-state index contributed by atoms with van der Waals surface area (Å²) in [6, 6.07) is 0. The van der Waals surface area contributed by atoms with Gasteiger partial charge in [0, 0.05) is 30.9 Å². The van der Waals surface area contributed by atoms with Crippen LogP contribution in [0.3, 0.4) is 0 Å². The number of halogens is 3. The van der Waals surface area contributed by atoms with E-state index in [4.69, 9.17) is 0 Å². The molecule has 0 radical (unpaired) electrons. The second-order valence-electron chi connectivity index (χ2n) is 4.44. The molecular formula is C12H18ClF2N5. The van der Waals surface area contributed by atoms with Crippen LogP contribution >= 0.6 is 12.4 Å². The molecule has 0 atom stereocenters. The number of hydrogen-bond acceptors (Lipinski definition) is 3. The Morgan fingerprint density at radius 2 is 2.00 bits per heavy atom. The summed E-state index contributed by atoms with van der Waals surface area (Å²) in [5, 5.41) is 11.3. The maximum atomic E-state index is 13.7. The number of hydrogen-bond donors (Lipinski definition) is 1. The van der Waals surface area contributed by atoms with E-state index in [1.807, 2.05) is 6.92 Å². The van der Waals surface area contributed by atoms with Gasteiger partial charge in [0.1, 0.15) is 6.67 Å². The van der Waals surface area contributed by atoms with Gasteiger partial charge in [0.05, 0.1) is 12.2 Å². The van der Waals surface area contributed by atoms with Gasteiger partial charge >= 0.3 is 0 Å². The van der Waals surface area contributed by atoms with E-state index >= 15 is 0 Å². The Labute approximate surface area is 122 Å². The summed E-state index contributed by atoms with van der Waals surface area (Å²) in [6.07, 6.45) is 1.76. The SMILES string of the molecule is Cc1cn(CCF)nc1NCc1c(C)nn(C)c1F.Cl. The van der Waals surface area contributed by atoms with Crippen LogP contribution < -0.4 is 5.32 Å². The molecule has 0 bridgehead atoms. The topological polar surface area (TPSA) is 47.7 Å². The van der Waals surface area contributed by atoms with Gasteiger partial charge in [-0.3, -0.25) is 4.68 Å². The predicted molar refractivity (Wildman–Crippen MR) is 75.4 cm³/mol. The summed E-state index contributed by atoms with van der Waals surface area (Å²) < 4.78 is 28.7. The molecule has 20 heavy (non-hydrogen) atoms. The molecule has 2 aromatic heterocycles. The van der Waals surface area contributed by atoms with Crippen LogP contribution in [0, 0.1) is 19.8 Å². The molecule has 1 N–H and O–H groups in total. The first-order valence-electron chi connectivity index (χ1n) is 6.04. The van der Waals surface area contributed by atoms with Crippen LogP contribution in [0.15, 0.2) is 6.20 Å². The van der Waals surface area contributed by atoms with Crippen LogP contribution in [-0.4, -0.2) is 26.2 Å². The Kier molecular flexibility index (Phi) is 5.50. The summed E-state index contributed by atoms with van der Waals surface area (Å²) in [5.74, 6) is 0.280. The molecule has 2 rings (SSSR count). The third kappa shape index (κ3) is 3.27. The van der Waals surface area contributed by atoms with Crippen molar-refractivity contribution in [1.29, 1.82) is 0 Å². The molecule has 0 saturated heterocycles.